The highest BCUT2D eigenvalue weighted by molar-refractivity contribution is 9.10. The molecule has 6 heteroatoms. The Labute approximate surface area is 166 Å². The topological polar surface area (TPSA) is 63.7 Å². The molecule has 0 radical (unpaired) electrons. The van der Waals surface area contributed by atoms with Gasteiger partial charge in [-0.15, -0.1) is 0 Å². The average Bonchev–Trinajstić information content (AvgIpc) is 2.91. The summed E-state index contributed by atoms with van der Waals surface area (Å²) in [6.07, 6.45) is 0.236. The standard InChI is InChI=1S/C21H20BrNO4/c1-21(2,23-19(25)16-5-3-4-6-17(16)20(23)26)13-27-12-11-18(24)14-7-9-15(22)10-8-14/h3-10H,11-13H2,1-2H3. The highest BCUT2D eigenvalue weighted by Gasteiger charge is 2.43. The molecule has 0 spiro atoms. The van der Waals surface area contributed by atoms with Crippen LogP contribution in [0.1, 0.15) is 51.3 Å². The molecule has 0 N–H and O–H groups in total. The Morgan fingerprint density at radius 3 is 2.11 bits per heavy atom. The number of hydrogen-bond donors (Lipinski definition) is 0. The molecule has 3 rings (SSSR count). The van der Waals surface area contributed by atoms with E-state index >= 15 is 0 Å². The van der Waals surface area contributed by atoms with Gasteiger partial charge in [0, 0.05) is 16.5 Å². The average molecular weight is 430 g/mol. The first-order valence-corrected chi connectivity index (χ1v) is 9.45. The fourth-order valence-electron chi connectivity index (χ4n) is 3.07. The van der Waals surface area contributed by atoms with Crippen LogP contribution in [0.2, 0.25) is 0 Å². The number of ketones is 1. The molecule has 27 heavy (non-hydrogen) atoms. The Morgan fingerprint density at radius 1 is 1.00 bits per heavy atom. The Morgan fingerprint density at radius 2 is 1.56 bits per heavy atom. The fourth-order valence-corrected chi connectivity index (χ4v) is 3.33. The number of halogens is 1. The lowest BCUT2D eigenvalue weighted by molar-refractivity contribution is 0.0157. The maximum absolute atomic E-state index is 12.6. The zero-order valence-corrected chi connectivity index (χ0v) is 16.8. The summed E-state index contributed by atoms with van der Waals surface area (Å²) in [6.45, 7) is 3.95. The van der Waals surface area contributed by atoms with Crippen LogP contribution in [0.4, 0.5) is 0 Å². The molecule has 2 amide bonds. The van der Waals surface area contributed by atoms with Crippen molar-refractivity contribution in [3.63, 3.8) is 0 Å². The van der Waals surface area contributed by atoms with Gasteiger partial charge in [-0.25, -0.2) is 0 Å². The number of rotatable bonds is 7. The van der Waals surface area contributed by atoms with E-state index in [1.165, 1.54) is 4.90 Å². The SMILES string of the molecule is CC(C)(COCCC(=O)c1ccc(Br)cc1)N1C(=O)c2ccccc2C1=O. The highest BCUT2D eigenvalue weighted by atomic mass is 79.9. The summed E-state index contributed by atoms with van der Waals surface area (Å²) in [6, 6.07) is 13.9. The molecule has 0 aliphatic carbocycles. The molecule has 0 saturated heterocycles. The second-order valence-electron chi connectivity index (χ2n) is 7.04. The number of carbonyl (C=O) groups is 3. The molecule has 0 unspecified atom stereocenters. The summed E-state index contributed by atoms with van der Waals surface area (Å²) in [7, 11) is 0. The predicted octanol–water partition coefficient (Wildman–Crippen LogP) is 4.11. The first-order chi connectivity index (χ1) is 12.8. The van der Waals surface area contributed by atoms with Crippen LogP contribution in [0.25, 0.3) is 0 Å². The van der Waals surface area contributed by atoms with E-state index in [4.69, 9.17) is 4.74 Å². The van der Waals surface area contributed by atoms with E-state index in [0.29, 0.717) is 16.7 Å². The van der Waals surface area contributed by atoms with Gasteiger partial charge in [-0.3, -0.25) is 19.3 Å². The van der Waals surface area contributed by atoms with E-state index in [2.05, 4.69) is 15.9 Å². The van der Waals surface area contributed by atoms with Crippen LogP contribution < -0.4 is 0 Å². The van der Waals surface area contributed by atoms with Crippen molar-refractivity contribution < 1.29 is 19.1 Å². The van der Waals surface area contributed by atoms with Gasteiger partial charge in [0.2, 0.25) is 0 Å². The van der Waals surface area contributed by atoms with E-state index in [1.54, 1.807) is 50.2 Å². The van der Waals surface area contributed by atoms with Crippen molar-refractivity contribution in [3.8, 4) is 0 Å². The lowest BCUT2D eigenvalue weighted by Crippen LogP contribution is -2.50. The molecule has 2 aromatic carbocycles. The number of carbonyl (C=O) groups excluding carboxylic acids is 3. The van der Waals surface area contributed by atoms with Gasteiger partial charge in [0.05, 0.1) is 29.9 Å². The Kier molecular flexibility index (Phi) is 5.58. The van der Waals surface area contributed by atoms with Gasteiger partial charge in [-0.1, -0.05) is 40.2 Å². The van der Waals surface area contributed by atoms with Gasteiger partial charge in [0.1, 0.15) is 0 Å². The molecule has 5 nitrogen and oxygen atoms in total. The minimum Gasteiger partial charge on any atom is -0.379 e. The van der Waals surface area contributed by atoms with Crippen LogP contribution >= 0.6 is 15.9 Å². The molecule has 0 atom stereocenters. The van der Waals surface area contributed by atoms with Crippen LogP contribution in [0, 0.1) is 0 Å². The highest BCUT2D eigenvalue weighted by Crippen LogP contribution is 2.29. The monoisotopic (exact) mass is 429 g/mol. The molecule has 0 saturated carbocycles. The van der Waals surface area contributed by atoms with Gasteiger partial charge >= 0.3 is 0 Å². The van der Waals surface area contributed by atoms with E-state index in [0.717, 1.165) is 4.47 Å². The summed E-state index contributed by atoms with van der Waals surface area (Å²) in [5.74, 6) is -0.633. The van der Waals surface area contributed by atoms with Gasteiger partial charge in [0.15, 0.2) is 5.78 Å². The van der Waals surface area contributed by atoms with Crippen LogP contribution in [0.15, 0.2) is 53.0 Å². The smallest absolute Gasteiger partial charge is 0.262 e. The second kappa shape index (κ2) is 7.74. The number of hydrogen-bond acceptors (Lipinski definition) is 4. The first-order valence-electron chi connectivity index (χ1n) is 8.66. The number of amides is 2. The minimum atomic E-state index is -0.812. The molecule has 2 aromatic rings. The zero-order valence-electron chi connectivity index (χ0n) is 15.2. The van der Waals surface area contributed by atoms with Crippen LogP contribution in [0.5, 0.6) is 0 Å². The molecule has 0 fully saturated rings. The molecular weight excluding hydrogens is 410 g/mol. The van der Waals surface area contributed by atoms with Gasteiger partial charge in [0.25, 0.3) is 11.8 Å². The Hall–Kier alpha value is -2.31. The summed E-state index contributed by atoms with van der Waals surface area (Å²) in [4.78, 5) is 38.6. The summed E-state index contributed by atoms with van der Waals surface area (Å²) in [5, 5.41) is 0. The molecule has 1 heterocycles. The van der Waals surface area contributed by atoms with Crippen LogP contribution in [-0.2, 0) is 4.74 Å². The van der Waals surface area contributed by atoms with E-state index < -0.39 is 5.54 Å². The van der Waals surface area contributed by atoms with Crippen molar-refractivity contribution >= 4 is 33.5 Å². The second-order valence-corrected chi connectivity index (χ2v) is 7.95. The summed E-state index contributed by atoms with van der Waals surface area (Å²) >= 11 is 3.34. The summed E-state index contributed by atoms with van der Waals surface area (Å²) in [5.41, 5.74) is 0.650. The predicted molar refractivity (Wildman–Crippen MR) is 105 cm³/mol. The molecular formula is C21H20BrNO4. The van der Waals surface area contributed by atoms with E-state index in [-0.39, 0.29) is 37.2 Å². The maximum atomic E-state index is 12.6. The van der Waals surface area contributed by atoms with Crippen molar-refractivity contribution in [2.75, 3.05) is 13.2 Å². The van der Waals surface area contributed by atoms with Crippen LogP contribution in [-0.4, -0.2) is 41.3 Å². The normalized spacial score (nSPS) is 13.8. The Bertz CT molecular complexity index is 854. The van der Waals surface area contributed by atoms with Gasteiger partial charge in [-0.05, 0) is 38.1 Å². The third-order valence-corrected chi connectivity index (χ3v) is 5.02. The fraction of sp³-hybridized carbons (Fsp3) is 0.286. The number of imide groups is 1. The van der Waals surface area contributed by atoms with Crippen molar-refractivity contribution in [1.29, 1.82) is 0 Å². The molecule has 1 aliphatic heterocycles. The largest absolute Gasteiger partial charge is 0.379 e. The third-order valence-electron chi connectivity index (χ3n) is 4.49. The lowest BCUT2D eigenvalue weighted by atomic mass is 10.0. The number of benzene rings is 2. The molecule has 0 bridgehead atoms. The minimum absolute atomic E-state index is 0.0129. The van der Waals surface area contributed by atoms with Crippen molar-refractivity contribution in [3.05, 3.63) is 69.7 Å². The number of fused-ring (bicyclic) bond motifs is 1. The summed E-state index contributed by atoms with van der Waals surface area (Å²) < 4.78 is 6.56. The quantitative estimate of drug-likeness (QED) is 0.377. The lowest BCUT2D eigenvalue weighted by Gasteiger charge is -2.33. The van der Waals surface area contributed by atoms with E-state index in [1.807, 2.05) is 12.1 Å². The van der Waals surface area contributed by atoms with Gasteiger partial charge in [-0.2, -0.15) is 0 Å². The number of ether oxygens (including phenoxy) is 1. The van der Waals surface area contributed by atoms with Gasteiger partial charge < -0.3 is 4.74 Å². The number of Topliss-reactive ketones (excluding diaryl/α,β-unsaturated/α-hetero) is 1. The zero-order chi connectivity index (χ0) is 19.6. The van der Waals surface area contributed by atoms with E-state index in [9.17, 15) is 14.4 Å². The van der Waals surface area contributed by atoms with Crippen LogP contribution in [0.3, 0.4) is 0 Å². The van der Waals surface area contributed by atoms with Crippen molar-refractivity contribution in [2.24, 2.45) is 0 Å². The maximum Gasteiger partial charge on any atom is 0.262 e. The molecule has 0 aromatic heterocycles. The molecule has 140 valence electrons. The van der Waals surface area contributed by atoms with Crippen molar-refractivity contribution in [2.45, 2.75) is 25.8 Å². The molecule has 1 aliphatic rings. The Balaban J connectivity index is 1.56. The van der Waals surface area contributed by atoms with Crippen molar-refractivity contribution in [1.82, 2.24) is 4.90 Å². The third kappa shape index (κ3) is 4.01. The number of nitrogens with zero attached hydrogens (tertiary/aromatic N) is 1. The first kappa shape index (κ1) is 19.5.